The second-order valence-electron chi connectivity index (χ2n) is 5.79. The highest BCUT2D eigenvalue weighted by atomic mass is 16.5. The van der Waals surface area contributed by atoms with E-state index in [1.807, 2.05) is 31.2 Å². The molecule has 1 aromatic carbocycles. The summed E-state index contributed by atoms with van der Waals surface area (Å²) in [5.41, 5.74) is 7.03. The van der Waals surface area contributed by atoms with E-state index < -0.39 is 6.10 Å². The average Bonchev–Trinajstić information content (AvgIpc) is 2.46. The Hall–Kier alpha value is -1.55. The summed E-state index contributed by atoms with van der Waals surface area (Å²) in [7, 11) is 0. The van der Waals surface area contributed by atoms with Gasteiger partial charge < -0.3 is 15.8 Å². The van der Waals surface area contributed by atoms with Gasteiger partial charge in [0.05, 0.1) is 0 Å². The standard InChI is InChI=1S/C17H28N2O2/c1-5-15(18)14-8-6-7-9-16(14)21-13(4)17(20)19-11-10-12(2)3/h6-9,12-13,15H,5,10-11,18H2,1-4H3,(H,19,20)/t13?,15-/m1/s1. The molecule has 0 bridgehead atoms. The molecule has 118 valence electrons. The van der Waals surface area contributed by atoms with Crippen LogP contribution in [0.3, 0.4) is 0 Å². The highest BCUT2D eigenvalue weighted by Gasteiger charge is 2.17. The van der Waals surface area contributed by atoms with Gasteiger partial charge in [0.1, 0.15) is 5.75 Å². The van der Waals surface area contributed by atoms with Crippen molar-refractivity contribution in [2.75, 3.05) is 6.54 Å². The monoisotopic (exact) mass is 292 g/mol. The number of carbonyl (C=O) groups is 1. The first-order valence-electron chi connectivity index (χ1n) is 7.74. The molecule has 21 heavy (non-hydrogen) atoms. The van der Waals surface area contributed by atoms with Crippen LogP contribution in [0.1, 0.15) is 52.1 Å². The Morgan fingerprint density at radius 2 is 1.95 bits per heavy atom. The molecule has 3 N–H and O–H groups in total. The van der Waals surface area contributed by atoms with E-state index in [4.69, 9.17) is 10.5 Å². The van der Waals surface area contributed by atoms with Crippen LogP contribution in [0, 0.1) is 5.92 Å². The summed E-state index contributed by atoms with van der Waals surface area (Å²) < 4.78 is 5.80. The zero-order valence-corrected chi connectivity index (χ0v) is 13.6. The predicted octanol–water partition coefficient (Wildman–Crippen LogP) is 3.03. The van der Waals surface area contributed by atoms with Crippen LogP contribution in [0.2, 0.25) is 0 Å². The van der Waals surface area contributed by atoms with Gasteiger partial charge in [-0.15, -0.1) is 0 Å². The second-order valence-corrected chi connectivity index (χ2v) is 5.79. The predicted molar refractivity (Wildman–Crippen MR) is 86.2 cm³/mol. The van der Waals surface area contributed by atoms with E-state index in [1.54, 1.807) is 6.92 Å². The summed E-state index contributed by atoms with van der Waals surface area (Å²) in [6, 6.07) is 7.57. The number of hydrogen-bond acceptors (Lipinski definition) is 3. The largest absolute Gasteiger partial charge is 0.481 e. The van der Waals surface area contributed by atoms with Crippen LogP contribution >= 0.6 is 0 Å². The van der Waals surface area contributed by atoms with Crippen LogP contribution in [0.5, 0.6) is 5.75 Å². The fraction of sp³-hybridized carbons (Fsp3) is 0.588. The zero-order chi connectivity index (χ0) is 15.8. The minimum atomic E-state index is -0.526. The van der Waals surface area contributed by atoms with Crippen LogP contribution in [0.25, 0.3) is 0 Å². The topological polar surface area (TPSA) is 64.3 Å². The summed E-state index contributed by atoms with van der Waals surface area (Å²) in [6.45, 7) is 8.74. The molecule has 4 nitrogen and oxygen atoms in total. The fourth-order valence-electron chi connectivity index (χ4n) is 1.99. The van der Waals surface area contributed by atoms with Crippen molar-refractivity contribution >= 4 is 5.91 Å². The first-order valence-corrected chi connectivity index (χ1v) is 7.74. The summed E-state index contributed by atoms with van der Waals surface area (Å²) >= 11 is 0. The Morgan fingerprint density at radius 1 is 1.29 bits per heavy atom. The van der Waals surface area contributed by atoms with Gasteiger partial charge in [0.2, 0.25) is 0 Å². The number of amides is 1. The van der Waals surface area contributed by atoms with E-state index in [1.165, 1.54) is 0 Å². The number of para-hydroxylation sites is 1. The number of nitrogens with two attached hydrogens (primary N) is 1. The van der Waals surface area contributed by atoms with Gasteiger partial charge in [-0.25, -0.2) is 0 Å². The molecule has 0 radical (unpaired) electrons. The Kier molecular flexibility index (Phi) is 7.23. The number of ether oxygens (including phenoxy) is 1. The van der Waals surface area contributed by atoms with E-state index in [2.05, 4.69) is 19.2 Å². The zero-order valence-electron chi connectivity index (χ0n) is 13.6. The highest BCUT2D eigenvalue weighted by Crippen LogP contribution is 2.26. The first kappa shape index (κ1) is 17.5. The van der Waals surface area contributed by atoms with Gasteiger partial charge >= 0.3 is 0 Å². The van der Waals surface area contributed by atoms with Gasteiger partial charge in [-0.05, 0) is 31.7 Å². The van der Waals surface area contributed by atoms with Gasteiger partial charge in [0.25, 0.3) is 5.91 Å². The Balaban J connectivity index is 2.62. The molecule has 0 aliphatic carbocycles. The molecule has 0 saturated carbocycles. The normalized spacial score (nSPS) is 13.8. The van der Waals surface area contributed by atoms with E-state index in [-0.39, 0.29) is 11.9 Å². The number of rotatable bonds is 8. The minimum Gasteiger partial charge on any atom is -0.481 e. The maximum Gasteiger partial charge on any atom is 0.260 e. The van der Waals surface area contributed by atoms with Crippen LogP contribution in [-0.2, 0) is 4.79 Å². The molecular weight excluding hydrogens is 264 g/mol. The number of carbonyl (C=O) groups excluding carboxylic acids is 1. The molecule has 0 heterocycles. The SMILES string of the molecule is CC[C@@H](N)c1ccccc1OC(C)C(=O)NCCC(C)C. The third-order valence-electron chi connectivity index (χ3n) is 3.45. The number of hydrogen-bond donors (Lipinski definition) is 2. The lowest BCUT2D eigenvalue weighted by molar-refractivity contribution is -0.127. The highest BCUT2D eigenvalue weighted by molar-refractivity contribution is 5.80. The van der Waals surface area contributed by atoms with Crippen LogP contribution < -0.4 is 15.8 Å². The summed E-state index contributed by atoms with van der Waals surface area (Å²) in [4.78, 5) is 12.0. The van der Waals surface area contributed by atoms with Gasteiger partial charge in [0.15, 0.2) is 6.10 Å². The molecule has 2 atom stereocenters. The lowest BCUT2D eigenvalue weighted by Gasteiger charge is -2.19. The van der Waals surface area contributed by atoms with Crippen molar-refractivity contribution in [2.45, 2.75) is 52.7 Å². The van der Waals surface area contributed by atoms with Crippen LogP contribution in [-0.4, -0.2) is 18.6 Å². The van der Waals surface area contributed by atoms with Crippen molar-refractivity contribution in [3.63, 3.8) is 0 Å². The maximum atomic E-state index is 12.0. The van der Waals surface area contributed by atoms with Gasteiger partial charge in [0, 0.05) is 18.2 Å². The lowest BCUT2D eigenvalue weighted by Crippen LogP contribution is -2.37. The molecule has 0 aliphatic heterocycles. The number of benzene rings is 1. The van der Waals surface area contributed by atoms with Crippen molar-refractivity contribution < 1.29 is 9.53 Å². The minimum absolute atomic E-state index is 0.0718. The summed E-state index contributed by atoms with van der Waals surface area (Å²) in [5.74, 6) is 1.18. The molecule has 0 spiro atoms. The van der Waals surface area contributed by atoms with Gasteiger partial charge in [-0.3, -0.25) is 4.79 Å². The van der Waals surface area contributed by atoms with E-state index in [0.717, 1.165) is 18.4 Å². The first-order chi connectivity index (χ1) is 9.95. The van der Waals surface area contributed by atoms with Crippen molar-refractivity contribution in [3.8, 4) is 5.75 Å². The second kappa shape index (κ2) is 8.67. The summed E-state index contributed by atoms with van der Waals surface area (Å²) in [6.07, 6.45) is 1.27. The molecule has 0 aromatic heterocycles. The molecule has 1 unspecified atom stereocenters. The number of nitrogens with one attached hydrogen (secondary N) is 1. The molecular formula is C17H28N2O2. The third-order valence-corrected chi connectivity index (χ3v) is 3.45. The fourth-order valence-corrected chi connectivity index (χ4v) is 1.99. The third kappa shape index (κ3) is 5.76. The summed E-state index contributed by atoms with van der Waals surface area (Å²) in [5, 5.41) is 2.90. The quantitative estimate of drug-likeness (QED) is 0.774. The molecule has 0 saturated heterocycles. The van der Waals surface area contributed by atoms with E-state index in [9.17, 15) is 4.79 Å². The maximum absolute atomic E-state index is 12.0. The molecule has 4 heteroatoms. The van der Waals surface area contributed by atoms with Crippen molar-refractivity contribution in [2.24, 2.45) is 11.7 Å². The molecule has 0 fully saturated rings. The van der Waals surface area contributed by atoms with E-state index >= 15 is 0 Å². The van der Waals surface area contributed by atoms with Crippen molar-refractivity contribution in [1.82, 2.24) is 5.32 Å². The van der Waals surface area contributed by atoms with Crippen molar-refractivity contribution in [3.05, 3.63) is 29.8 Å². The smallest absolute Gasteiger partial charge is 0.260 e. The molecule has 1 rings (SSSR count). The van der Waals surface area contributed by atoms with Gasteiger partial charge in [-0.1, -0.05) is 39.0 Å². The molecule has 1 amide bonds. The molecule has 1 aromatic rings. The Bertz CT molecular complexity index is 446. The van der Waals surface area contributed by atoms with Crippen LogP contribution in [0.15, 0.2) is 24.3 Å². The van der Waals surface area contributed by atoms with Crippen LogP contribution in [0.4, 0.5) is 0 Å². The molecule has 0 aliphatic rings. The average molecular weight is 292 g/mol. The van der Waals surface area contributed by atoms with Crippen molar-refractivity contribution in [1.29, 1.82) is 0 Å². The lowest BCUT2D eigenvalue weighted by atomic mass is 10.0. The van der Waals surface area contributed by atoms with Gasteiger partial charge in [-0.2, -0.15) is 0 Å². The Labute approximate surface area is 128 Å². The Morgan fingerprint density at radius 3 is 2.57 bits per heavy atom. The van der Waals surface area contributed by atoms with E-state index in [0.29, 0.717) is 18.2 Å².